The second kappa shape index (κ2) is 4.91. The van der Waals surface area contributed by atoms with Crippen molar-refractivity contribution >= 4 is 28.9 Å². The third-order valence-electron chi connectivity index (χ3n) is 2.90. The quantitative estimate of drug-likeness (QED) is 0.668. The average molecular weight is 271 g/mol. The number of carbonyl (C=O) groups is 1. The summed E-state index contributed by atoms with van der Waals surface area (Å²) in [5.74, 6) is -0.460. The van der Waals surface area contributed by atoms with Crippen LogP contribution in [0.2, 0.25) is 5.02 Å². The number of nitro benzene ring substituents is 1. The molecule has 0 bridgehead atoms. The van der Waals surface area contributed by atoms with E-state index in [1.807, 2.05) is 0 Å². The molecule has 1 aliphatic heterocycles. The first-order valence-electron chi connectivity index (χ1n) is 5.38. The lowest BCUT2D eigenvalue weighted by atomic mass is 10.1. The Morgan fingerprint density at radius 3 is 2.83 bits per heavy atom. The lowest BCUT2D eigenvalue weighted by molar-refractivity contribution is -0.384. The Balaban J connectivity index is 2.45. The van der Waals surface area contributed by atoms with Gasteiger partial charge in [-0.1, -0.05) is 17.7 Å². The number of aliphatic hydroxyl groups excluding tert-OH is 1. The van der Waals surface area contributed by atoms with Gasteiger partial charge in [0, 0.05) is 31.6 Å². The van der Waals surface area contributed by atoms with E-state index in [4.69, 9.17) is 16.7 Å². The van der Waals surface area contributed by atoms with Crippen molar-refractivity contribution in [1.82, 2.24) is 0 Å². The number of benzene rings is 1. The fourth-order valence-corrected chi connectivity index (χ4v) is 2.31. The first kappa shape index (κ1) is 12.8. The van der Waals surface area contributed by atoms with E-state index in [1.165, 1.54) is 23.1 Å². The molecule has 1 aliphatic rings. The molecule has 1 amide bonds. The highest BCUT2D eigenvalue weighted by Crippen LogP contribution is 2.38. The van der Waals surface area contributed by atoms with E-state index >= 15 is 0 Å². The van der Waals surface area contributed by atoms with Gasteiger partial charge in [0.1, 0.15) is 5.69 Å². The maximum atomic E-state index is 11.8. The fraction of sp³-hybridized carbons (Fsp3) is 0.364. The van der Waals surface area contributed by atoms with Crippen LogP contribution in [0.25, 0.3) is 0 Å². The molecule has 0 aliphatic carbocycles. The number of rotatable bonds is 3. The van der Waals surface area contributed by atoms with Crippen molar-refractivity contribution in [3.05, 3.63) is 33.3 Å². The Morgan fingerprint density at radius 2 is 2.28 bits per heavy atom. The summed E-state index contributed by atoms with van der Waals surface area (Å²) in [7, 11) is 0. The molecular weight excluding hydrogens is 260 g/mol. The molecule has 7 heteroatoms. The summed E-state index contributed by atoms with van der Waals surface area (Å²) in [5, 5.41) is 20.2. The number of hydrogen-bond acceptors (Lipinski definition) is 4. The third-order valence-corrected chi connectivity index (χ3v) is 3.20. The topological polar surface area (TPSA) is 83.7 Å². The van der Waals surface area contributed by atoms with Gasteiger partial charge in [-0.15, -0.1) is 0 Å². The molecule has 0 saturated carbocycles. The second-order valence-corrected chi connectivity index (χ2v) is 4.53. The highest BCUT2D eigenvalue weighted by atomic mass is 35.5. The van der Waals surface area contributed by atoms with Gasteiger partial charge in [0.2, 0.25) is 5.91 Å². The Morgan fingerprint density at radius 1 is 1.56 bits per heavy atom. The van der Waals surface area contributed by atoms with E-state index in [-0.39, 0.29) is 47.8 Å². The highest BCUT2D eigenvalue weighted by molar-refractivity contribution is 6.34. The summed E-state index contributed by atoms with van der Waals surface area (Å²) >= 11 is 5.95. The third kappa shape index (κ3) is 2.16. The number of hydrogen-bond donors (Lipinski definition) is 1. The van der Waals surface area contributed by atoms with Crippen LogP contribution in [-0.4, -0.2) is 29.1 Å². The molecule has 1 aromatic carbocycles. The zero-order valence-corrected chi connectivity index (χ0v) is 10.1. The SMILES string of the molecule is O=C1CC(CO)CN1c1c(Cl)cccc1[N+](=O)[O-]. The minimum Gasteiger partial charge on any atom is -0.396 e. The van der Waals surface area contributed by atoms with Gasteiger partial charge in [0.05, 0.1) is 9.95 Å². The second-order valence-electron chi connectivity index (χ2n) is 4.12. The molecule has 0 aromatic heterocycles. The van der Waals surface area contributed by atoms with E-state index in [0.717, 1.165) is 0 Å². The summed E-state index contributed by atoms with van der Waals surface area (Å²) in [4.78, 5) is 23.5. The van der Waals surface area contributed by atoms with Crippen molar-refractivity contribution in [3.8, 4) is 0 Å². The van der Waals surface area contributed by atoms with Crippen molar-refractivity contribution in [1.29, 1.82) is 0 Å². The van der Waals surface area contributed by atoms with Crippen LogP contribution in [0.5, 0.6) is 0 Å². The van der Waals surface area contributed by atoms with Crippen LogP contribution in [0.4, 0.5) is 11.4 Å². The van der Waals surface area contributed by atoms with E-state index in [9.17, 15) is 14.9 Å². The maximum Gasteiger partial charge on any atom is 0.294 e. The minimum absolute atomic E-state index is 0.116. The summed E-state index contributed by atoms with van der Waals surface area (Å²) in [6.45, 7) is 0.125. The lowest BCUT2D eigenvalue weighted by Crippen LogP contribution is -2.26. The van der Waals surface area contributed by atoms with Gasteiger partial charge in [-0.2, -0.15) is 0 Å². The molecule has 1 heterocycles. The van der Waals surface area contributed by atoms with Crippen molar-refractivity contribution in [2.75, 3.05) is 18.1 Å². The van der Waals surface area contributed by atoms with Gasteiger partial charge in [-0.05, 0) is 6.07 Å². The van der Waals surface area contributed by atoms with Crippen molar-refractivity contribution in [2.24, 2.45) is 5.92 Å². The number of nitro groups is 1. The van der Waals surface area contributed by atoms with Crippen LogP contribution in [-0.2, 0) is 4.79 Å². The first-order chi connectivity index (χ1) is 8.54. The van der Waals surface area contributed by atoms with Crippen LogP contribution in [0.3, 0.4) is 0 Å². The van der Waals surface area contributed by atoms with Gasteiger partial charge in [-0.3, -0.25) is 14.9 Å². The number of para-hydroxylation sites is 1. The van der Waals surface area contributed by atoms with Gasteiger partial charge in [0.15, 0.2) is 0 Å². The molecule has 96 valence electrons. The summed E-state index contributed by atoms with van der Waals surface area (Å²) in [5.41, 5.74) is -0.0837. The molecule has 1 N–H and O–H groups in total. The molecule has 1 atom stereocenters. The van der Waals surface area contributed by atoms with Crippen LogP contribution < -0.4 is 4.90 Å². The average Bonchev–Trinajstić information content (AvgIpc) is 2.70. The molecule has 6 nitrogen and oxygen atoms in total. The monoisotopic (exact) mass is 270 g/mol. The molecule has 1 aromatic rings. The molecular formula is C11H11ClN2O4. The Hall–Kier alpha value is -1.66. The van der Waals surface area contributed by atoms with Crippen molar-refractivity contribution < 1.29 is 14.8 Å². The summed E-state index contributed by atoms with van der Waals surface area (Å²) in [6.07, 6.45) is 0.179. The number of halogens is 1. The van der Waals surface area contributed by atoms with E-state index in [1.54, 1.807) is 0 Å². The van der Waals surface area contributed by atoms with Gasteiger partial charge in [-0.25, -0.2) is 0 Å². The minimum atomic E-state index is -0.569. The fourth-order valence-electron chi connectivity index (χ4n) is 2.04. The number of amides is 1. The van der Waals surface area contributed by atoms with Crippen molar-refractivity contribution in [2.45, 2.75) is 6.42 Å². The van der Waals surface area contributed by atoms with Crippen LogP contribution in [0, 0.1) is 16.0 Å². The van der Waals surface area contributed by atoms with E-state index in [2.05, 4.69) is 0 Å². The number of anilines is 1. The predicted octanol–water partition coefficient (Wildman–Crippen LogP) is 1.59. The van der Waals surface area contributed by atoms with E-state index < -0.39 is 4.92 Å². The molecule has 0 radical (unpaired) electrons. The van der Waals surface area contributed by atoms with Crippen molar-refractivity contribution in [3.63, 3.8) is 0 Å². The normalized spacial score (nSPS) is 19.3. The van der Waals surface area contributed by atoms with Crippen LogP contribution in [0.15, 0.2) is 18.2 Å². The number of aliphatic hydroxyl groups is 1. The molecule has 18 heavy (non-hydrogen) atoms. The molecule has 0 spiro atoms. The van der Waals surface area contributed by atoms with Gasteiger partial charge in [0.25, 0.3) is 5.69 Å². The standard InChI is InChI=1S/C11H11ClN2O4/c12-8-2-1-3-9(14(17)18)11(8)13-5-7(6-15)4-10(13)16/h1-3,7,15H,4-6H2. The summed E-state index contributed by atoms with van der Waals surface area (Å²) in [6, 6.07) is 4.28. The number of carbonyl (C=O) groups excluding carboxylic acids is 1. The smallest absolute Gasteiger partial charge is 0.294 e. The zero-order chi connectivity index (χ0) is 13.3. The van der Waals surface area contributed by atoms with Gasteiger partial charge < -0.3 is 10.0 Å². The van der Waals surface area contributed by atoms with E-state index in [0.29, 0.717) is 0 Å². The van der Waals surface area contributed by atoms with Crippen LogP contribution in [0.1, 0.15) is 6.42 Å². The predicted molar refractivity (Wildman–Crippen MR) is 65.7 cm³/mol. The van der Waals surface area contributed by atoms with Crippen LogP contribution >= 0.6 is 11.6 Å². The molecule has 2 rings (SSSR count). The van der Waals surface area contributed by atoms with Gasteiger partial charge >= 0.3 is 0 Å². The number of nitrogens with zero attached hydrogens (tertiary/aromatic N) is 2. The highest BCUT2D eigenvalue weighted by Gasteiger charge is 2.35. The first-order valence-corrected chi connectivity index (χ1v) is 5.76. The summed E-state index contributed by atoms with van der Waals surface area (Å²) < 4.78 is 0. The zero-order valence-electron chi connectivity index (χ0n) is 9.38. The Bertz CT molecular complexity index is 506. The lowest BCUT2D eigenvalue weighted by Gasteiger charge is -2.17. The molecule has 1 saturated heterocycles. The Labute approximate surface area is 108 Å². The Kier molecular flexibility index (Phi) is 3.49. The largest absolute Gasteiger partial charge is 0.396 e. The molecule has 1 unspecified atom stereocenters. The molecule has 1 fully saturated rings. The maximum absolute atomic E-state index is 11.8.